The van der Waals surface area contributed by atoms with Crippen LogP contribution in [-0.4, -0.2) is 213 Å². The van der Waals surface area contributed by atoms with Gasteiger partial charge in [-0.25, -0.2) is 8.78 Å². The maximum atomic E-state index is 15.8. The maximum absolute atomic E-state index is 15.8. The van der Waals surface area contributed by atoms with Gasteiger partial charge in [-0.15, -0.1) is 0 Å². The van der Waals surface area contributed by atoms with Crippen molar-refractivity contribution >= 4 is 11.4 Å². The summed E-state index contributed by atoms with van der Waals surface area (Å²) in [6.45, 7) is 22.4. The second kappa shape index (κ2) is 28.4. The van der Waals surface area contributed by atoms with E-state index in [-0.39, 0.29) is 48.6 Å². The Labute approximate surface area is 447 Å². The summed E-state index contributed by atoms with van der Waals surface area (Å²) in [5, 5.41) is 0. The van der Waals surface area contributed by atoms with Crippen LogP contribution in [0.15, 0.2) is 48.5 Å². The van der Waals surface area contributed by atoms with E-state index in [4.69, 9.17) is 28.4 Å². The van der Waals surface area contributed by atoms with Crippen LogP contribution in [0.1, 0.15) is 104 Å². The highest BCUT2D eigenvalue weighted by Gasteiger charge is 2.34. The summed E-state index contributed by atoms with van der Waals surface area (Å²) < 4.78 is 70.7. The van der Waals surface area contributed by atoms with Crippen molar-refractivity contribution in [3.05, 3.63) is 59.7 Å². The molecule has 0 radical (unpaired) electrons. The number of hydrogen-bond acceptors (Lipinski definition) is 12. The van der Waals surface area contributed by atoms with E-state index in [1.165, 1.54) is 48.2 Å². The fourth-order valence-corrected chi connectivity index (χ4v) is 11.4. The second-order valence-corrected chi connectivity index (χ2v) is 24.7. The Bertz CT molecular complexity index is 1750. The first-order chi connectivity index (χ1) is 35.3. The highest BCUT2D eigenvalue weighted by atomic mass is 19.1. The van der Waals surface area contributed by atoms with Crippen molar-refractivity contribution < 1.29 is 37.2 Å². The predicted molar refractivity (Wildman–Crippen MR) is 297 cm³/mol. The van der Waals surface area contributed by atoms with Crippen molar-refractivity contribution in [1.29, 1.82) is 0 Å². The zero-order valence-corrected chi connectivity index (χ0v) is 47.7. The van der Waals surface area contributed by atoms with Gasteiger partial charge in [-0.1, -0.05) is 49.9 Å². The van der Waals surface area contributed by atoms with Crippen LogP contribution in [0.25, 0.3) is 0 Å². The van der Waals surface area contributed by atoms with Crippen LogP contribution in [0, 0.1) is 11.8 Å². The molecule has 0 bridgehead atoms. The number of anilines is 2. The van der Waals surface area contributed by atoms with Crippen molar-refractivity contribution in [3.63, 3.8) is 0 Å². The number of rotatable bonds is 14. The minimum Gasteiger partial charge on any atom is -0.378 e. The average Bonchev–Trinajstić information content (AvgIpc) is 4.32. The van der Waals surface area contributed by atoms with Crippen LogP contribution < -0.4 is 9.80 Å². The monoisotopic (exact) mass is 1040 g/mol. The van der Waals surface area contributed by atoms with Crippen LogP contribution in [0.3, 0.4) is 0 Å². The highest BCUT2D eigenvalue weighted by molar-refractivity contribution is 5.49. The van der Waals surface area contributed by atoms with Crippen LogP contribution >= 0.6 is 0 Å². The van der Waals surface area contributed by atoms with Crippen molar-refractivity contribution in [3.8, 4) is 0 Å². The zero-order valence-electron chi connectivity index (χ0n) is 47.7. The maximum Gasteiger partial charge on any atom is 0.107 e. The van der Waals surface area contributed by atoms with Gasteiger partial charge in [0.2, 0.25) is 0 Å². The lowest BCUT2D eigenvalue weighted by molar-refractivity contribution is -0.0573. The van der Waals surface area contributed by atoms with Crippen molar-refractivity contribution in [2.24, 2.45) is 11.8 Å². The molecule has 420 valence electrons. The van der Waals surface area contributed by atoms with E-state index in [2.05, 4.69) is 120 Å². The third-order valence-corrected chi connectivity index (χ3v) is 16.4. The Morgan fingerprint density at radius 3 is 1.11 bits per heavy atom. The summed E-state index contributed by atoms with van der Waals surface area (Å²) in [5.74, 6) is 1.40. The summed E-state index contributed by atoms with van der Waals surface area (Å²) in [4.78, 5) is 14.2. The normalized spacial score (nSPS) is 30.1. The lowest BCUT2D eigenvalue weighted by atomic mass is 9.99. The molecule has 2 aromatic rings. The fourth-order valence-electron chi connectivity index (χ4n) is 11.4. The van der Waals surface area contributed by atoms with Crippen molar-refractivity contribution in [1.82, 2.24) is 19.6 Å². The largest absolute Gasteiger partial charge is 0.378 e. The summed E-state index contributed by atoms with van der Waals surface area (Å²) in [6, 6.07) is 18.0. The number of nitrogens with zero attached hydrogens (tertiary/aromatic N) is 6. The van der Waals surface area contributed by atoms with Gasteiger partial charge in [-0.2, -0.15) is 0 Å². The molecule has 3 heterocycles. The second-order valence-electron chi connectivity index (χ2n) is 24.7. The van der Waals surface area contributed by atoms with Gasteiger partial charge in [0.1, 0.15) is 11.3 Å². The molecule has 5 aliphatic rings. The minimum atomic E-state index is -1.38. The highest BCUT2D eigenvalue weighted by Crippen LogP contribution is 2.36. The Morgan fingerprint density at radius 1 is 0.459 bits per heavy atom. The third kappa shape index (κ3) is 20.7. The molecule has 0 aromatic heterocycles. The molecule has 7 rings (SSSR count). The van der Waals surface area contributed by atoms with E-state index in [1.54, 1.807) is 27.7 Å². The van der Waals surface area contributed by atoms with E-state index in [9.17, 15) is 0 Å². The number of halogens is 2. The first-order valence-corrected chi connectivity index (χ1v) is 28.8. The van der Waals surface area contributed by atoms with Gasteiger partial charge in [-0.05, 0) is 155 Å². The zero-order chi connectivity index (χ0) is 52.8. The molecular weight excluding hydrogens is 939 g/mol. The van der Waals surface area contributed by atoms with Crippen LogP contribution in [0.4, 0.5) is 20.2 Å². The summed E-state index contributed by atoms with van der Waals surface area (Å²) in [6.07, 6.45) is 8.93. The molecule has 3 aliphatic heterocycles. The molecule has 3 saturated heterocycles. The summed E-state index contributed by atoms with van der Waals surface area (Å²) in [5.41, 5.74) is 2.13. The van der Waals surface area contributed by atoms with Gasteiger partial charge in [0.25, 0.3) is 0 Å². The molecule has 2 aliphatic carbocycles. The van der Waals surface area contributed by atoms with Gasteiger partial charge >= 0.3 is 0 Å². The van der Waals surface area contributed by atoms with E-state index in [0.29, 0.717) is 64.2 Å². The molecule has 8 atom stereocenters. The van der Waals surface area contributed by atoms with Crippen molar-refractivity contribution in [2.75, 3.05) is 143 Å². The average molecular weight is 1040 g/mol. The van der Waals surface area contributed by atoms with Gasteiger partial charge in [0.15, 0.2) is 0 Å². The van der Waals surface area contributed by atoms with E-state index >= 15 is 8.78 Å². The lowest BCUT2D eigenvalue weighted by Gasteiger charge is -2.37. The number of benzene rings is 2. The quantitative estimate of drug-likeness (QED) is 0.182. The van der Waals surface area contributed by atoms with E-state index in [0.717, 1.165) is 91.4 Å². The van der Waals surface area contributed by atoms with Crippen LogP contribution in [-0.2, 0) is 41.3 Å². The molecule has 14 heteroatoms. The first-order valence-electron chi connectivity index (χ1n) is 28.8. The predicted octanol–water partition coefficient (Wildman–Crippen LogP) is 8.82. The molecule has 0 amide bonds. The molecule has 2 saturated carbocycles. The van der Waals surface area contributed by atoms with Gasteiger partial charge in [-0.3, -0.25) is 19.6 Å². The fraction of sp³-hybridized carbons (Fsp3) is 0.800. The Balaban J connectivity index is 1.13. The van der Waals surface area contributed by atoms with Crippen molar-refractivity contribution in [2.45, 2.75) is 166 Å². The van der Waals surface area contributed by atoms with Gasteiger partial charge < -0.3 is 38.2 Å². The summed E-state index contributed by atoms with van der Waals surface area (Å²) in [7, 11) is 8.67. The molecular formula is C60H100F2N6O6. The standard InChI is InChI=1S/C60H100F2N6O6/c1-45-37-63(7)55(35-59(3,4)61)43-73-58(34-50-17-21-52(22-18-50)68-25-29-70-30-26-68)40-66(10)54(32-48-13-14-48)42-72-46(2)38-64(8)56(36-60(5,6)62)44-74-57(39-65(9)53(41-71-45)31-47-11-12-47)33-49-15-19-51(20-16-49)67-23-27-69-28-24-67/h15-22,45-48,53-58H,11-14,23-44H2,1-10H3/t45-,46-,53+,54+,55+,56+,57-,58-/m1/s1. The molecule has 5 fully saturated rings. The van der Waals surface area contributed by atoms with Gasteiger partial charge in [0.05, 0.1) is 77.3 Å². The van der Waals surface area contributed by atoms with Gasteiger partial charge in [0, 0.05) is 87.9 Å². The SMILES string of the molecule is C[C@@H]1CN(C)[C@@H](CC(C)(C)F)CO[C@H](Cc2ccc(N3CCOCC3)cc2)CN(C)[C@@H](CC2CC2)CO[C@H](C)CN(C)[C@@H](CC(C)(C)F)CO[C@H](Cc2ccc(N3CCOCC3)cc2)CN(C)[C@@H](CC2CC2)CO1. The topological polar surface area (TPSA) is 74.8 Å². The Morgan fingerprint density at radius 2 is 0.784 bits per heavy atom. The molecule has 74 heavy (non-hydrogen) atoms. The molecule has 0 spiro atoms. The third-order valence-electron chi connectivity index (χ3n) is 16.4. The van der Waals surface area contributed by atoms with E-state index in [1.807, 2.05) is 0 Å². The Hall–Kier alpha value is -2.50. The number of morpholine rings is 2. The number of likely N-dealkylation sites (N-methyl/N-ethyl adjacent to an activating group) is 4. The molecule has 0 N–H and O–H groups in total. The smallest absolute Gasteiger partial charge is 0.107 e. The number of hydrogen-bond donors (Lipinski definition) is 0. The summed E-state index contributed by atoms with van der Waals surface area (Å²) >= 11 is 0. The molecule has 0 unspecified atom stereocenters. The van der Waals surface area contributed by atoms with Crippen LogP contribution in [0.5, 0.6) is 0 Å². The number of alkyl halides is 2. The molecule has 12 nitrogen and oxygen atoms in total. The first kappa shape index (κ1) is 59.2. The minimum absolute atomic E-state index is 0.0827. The number of ether oxygens (including phenoxy) is 6. The van der Waals surface area contributed by atoms with Crippen LogP contribution in [0.2, 0.25) is 0 Å². The van der Waals surface area contributed by atoms with E-state index < -0.39 is 11.3 Å². The lowest BCUT2D eigenvalue weighted by Crippen LogP contribution is -2.48. The molecule has 2 aromatic carbocycles. The Kier molecular flexibility index (Phi) is 22.7.